The van der Waals surface area contributed by atoms with E-state index in [0.29, 0.717) is 0 Å². The summed E-state index contributed by atoms with van der Waals surface area (Å²) in [5.74, 6) is 0. The van der Waals surface area contributed by atoms with Crippen LogP contribution in [0.25, 0.3) is 0 Å². The Kier molecular flexibility index (Phi) is 5.31. The highest BCUT2D eigenvalue weighted by Gasteiger charge is 2.50. The molecule has 1 aliphatic rings. The number of nitrogens with zero attached hydrogens (tertiary/aromatic N) is 2. The number of pyridine rings is 1. The van der Waals surface area contributed by atoms with E-state index in [1.54, 1.807) is 0 Å². The smallest absolute Gasteiger partial charge is 0.0660 e. The van der Waals surface area contributed by atoms with E-state index in [1.165, 1.54) is 10.4 Å². The van der Waals surface area contributed by atoms with Gasteiger partial charge in [0.15, 0.2) is 0 Å². The highest BCUT2D eigenvalue weighted by molar-refractivity contribution is 7.09. The van der Waals surface area contributed by atoms with Gasteiger partial charge in [-0.25, -0.2) is 0 Å². The minimum Gasteiger partial charge on any atom is -0.390 e. The zero-order valence-electron chi connectivity index (χ0n) is 16.7. The molecule has 1 fully saturated rings. The van der Waals surface area contributed by atoms with E-state index >= 15 is 0 Å². The molecule has 142 valence electrons. The molecule has 3 rings (SSSR count). The summed E-state index contributed by atoms with van der Waals surface area (Å²) in [6.45, 7) is 12.5. The zero-order chi connectivity index (χ0) is 19.0. The minimum atomic E-state index is -0.694. The van der Waals surface area contributed by atoms with Crippen molar-refractivity contribution in [1.29, 1.82) is 0 Å². The van der Waals surface area contributed by atoms with E-state index in [-0.39, 0.29) is 11.0 Å². The van der Waals surface area contributed by atoms with E-state index in [9.17, 15) is 5.11 Å². The number of thiophene rings is 1. The van der Waals surface area contributed by atoms with Crippen molar-refractivity contribution in [1.82, 2.24) is 9.88 Å². The largest absolute Gasteiger partial charge is 0.390 e. The van der Waals surface area contributed by atoms with Crippen molar-refractivity contribution in [2.75, 3.05) is 13.1 Å². The van der Waals surface area contributed by atoms with Crippen molar-refractivity contribution in [3.63, 3.8) is 0 Å². The van der Waals surface area contributed by atoms with E-state index in [0.717, 1.165) is 38.0 Å². The summed E-state index contributed by atoms with van der Waals surface area (Å²) in [4.78, 5) is 8.44. The van der Waals surface area contributed by atoms with Crippen molar-refractivity contribution in [3.8, 4) is 0 Å². The lowest BCUT2D eigenvalue weighted by Gasteiger charge is -2.43. The van der Waals surface area contributed by atoms with Crippen LogP contribution in [0.1, 0.15) is 56.7 Å². The molecule has 26 heavy (non-hydrogen) atoms. The monoisotopic (exact) mass is 372 g/mol. The molecular weight excluding hydrogens is 340 g/mol. The molecule has 1 N–H and O–H groups in total. The van der Waals surface area contributed by atoms with Gasteiger partial charge in [0.1, 0.15) is 0 Å². The molecule has 2 aromatic heterocycles. The summed E-state index contributed by atoms with van der Waals surface area (Å²) in [7, 11) is 0. The van der Waals surface area contributed by atoms with Gasteiger partial charge in [-0.3, -0.25) is 9.88 Å². The fourth-order valence-electron chi connectivity index (χ4n) is 4.19. The standard InChI is InChI=1S/C22H32N2OS/c1-17-8-9-18(15-23-17)20(2,3)24-13-12-22(16-24,21(4,5)25)11-10-19-7-6-14-26-19/h6-9,14-15,25H,10-13,16H2,1-5H3/t22-/m1/s1. The molecule has 3 heterocycles. The van der Waals surface area contributed by atoms with Crippen molar-refractivity contribution >= 4 is 11.3 Å². The Hall–Kier alpha value is -1.23. The zero-order valence-corrected chi connectivity index (χ0v) is 17.6. The third-order valence-corrected chi connectivity index (χ3v) is 7.43. The number of aromatic nitrogens is 1. The van der Waals surface area contributed by atoms with Gasteiger partial charge >= 0.3 is 0 Å². The summed E-state index contributed by atoms with van der Waals surface area (Å²) in [5, 5.41) is 13.2. The third kappa shape index (κ3) is 3.73. The Balaban J connectivity index is 1.80. The van der Waals surface area contributed by atoms with Gasteiger partial charge in [0.05, 0.1) is 5.60 Å². The predicted octanol–water partition coefficient (Wildman–Crippen LogP) is 4.78. The Morgan fingerprint density at radius 1 is 1.23 bits per heavy atom. The molecule has 0 aliphatic carbocycles. The van der Waals surface area contributed by atoms with Gasteiger partial charge in [0, 0.05) is 34.3 Å². The Bertz CT molecular complexity index is 716. The molecule has 4 heteroatoms. The molecular formula is C22H32N2OS. The summed E-state index contributed by atoms with van der Waals surface area (Å²) >= 11 is 1.82. The molecule has 2 aromatic rings. The number of aryl methyl sites for hydroxylation is 2. The van der Waals surface area contributed by atoms with Crippen molar-refractivity contribution in [2.24, 2.45) is 5.41 Å². The maximum atomic E-state index is 11.1. The highest BCUT2D eigenvalue weighted by Crippen LogP contribution is 2.47. The van der Waals surface area contributed by atoms with Crippen LogP contribution in [-0.2, 0) is 12.0 Å². The van der Waals surface area contributed by atoms with Crippen LogP contribution in [-0.4, -0.2) is 33.7 Å². The Morgan fingerprint density at radius 3 is 2.58 bits per heavy atom. The quantitative estimate of drug-likeness (QED) is 0.792. The van der Waals surface area contributed by atoms with E-state index in [2.05, 4.69) is 53.4 Å². The van der Waals surface area contributed by atoms with Crippen LogP contribution < -0.4 is 0 Å². The van der Waals surface area contributed by atoms with Crippen molar-refractivity contribution < 1.29 is 5.11 Å². The minimum absolute atomic E-state index is 0.0770. The highest BCUT2D eigenvalue weighted by atomic mass is 32.1. The number of hydrogen-bond acceptors (Lipinski definition) is 4. The van der Waals surface area contributed by atoms with E-state index in [1.807, 2.05) is 38.3 Å². The van der Waals surface area contributed by atoms with Gasteiger partial charge in [-0.15, -0.1) is 11.3 Å². The first kappa shape index (κ1) is 19.5. The normalized spacial score (nSPS) is 22.1. The Labute approximate surface area is 162 Å². The lowest BCUT2D eigenvalue weighted by Crippen LogP contribution is -2.48. The summed E-state index contributed by atoms with van der Waals surface area (Å²) in [6, 6.07) is 8.60. The first-order valence-corrected chi connectivity index (χ1v) is 10.4. The second-order valence-electron chi connectivity index (χ2n) is 8.84. The van der Waals surface area contributed by atoms with Gasteiger partial charge < -0.3 is 5.11 Å². The number of hydrogen-bond donors (Lipinski definition) is 1. The summed E-state index contributed by atoms with van der Waals surface area (Å²) in [6.07, 6.45) is 5.10. The van der Waals surface area contributed by atoms with Gasteiger partial charge in [0.2, 0.25) is 0 Å². The van der Waals surface area contributed by atoms with Crippen LogP contribution in [0.2, 0.25) is 0 Å². The maximum Gasteiger partial charge on any atom is 0.0660 e. The first-order valence-electron chi connectivity index (χ1n) is 9.57. The number of likely N-dealkylation sites (tertiary alicyclic amines) is 1. The van der Waals surface area contributed by atoms with Crippen molar-refractivity contribution in [3.05, 3.63) is 52.0 Å². The predicted molar refractivity (Wildman–Crippen MR) is 110 cm³/mol. The lowest BCUT2D eigenvalue weighted by molar-refractivity contribution is -0.0594. The molecule has 1 aliphatic heterocycles. The maximum absolute atomic E-state index is 11.1. The van der Waals surface area contributed by atoms with Crippen molar-refractivity contribution in [2.45, 2.75) is 65.0 Å². The SMILES string of the molecule is Cc1ccc(C(C)(C)N2CC[C@@](CCc3cccs3)(C(C)(C)O)C2)cn1. The van der Waals surface area contributed by atoms with Crippen LogP contribution in [0.4, 0.5) is 0 Å². The summed E-state index contributed by atoms with van der Waals surface area (Å²) in [5.41, 5.74) is 1.43. The molecule has 0 unspecified atom stereocenters. The van der Waals surface area contributed by atoms with Crippen LogP contribution in [0.3, 0.4) is 0 Å². The molecule has 0 aromatic carbocycles. The number of aliphatic hydroxyl groups is 1. The molecule has 0 spiro atoms. The fourth-order valence-corrected chi connectivity index (χ4v) is 4.90. The van der Waals surface area contributed by atoms with Crippen LogP contribution >= 0.6 is 11.3 Å². The first-order chi connectivity index (χ1) is 12.1. The second kappa shape index (κ2) is 7.06. The molecule has 1 atom stereocenters. The Morgan fingerprint density at radius 2 is 2.00 bits per heavy atom. The van der Waals surface area contributed by atoms with Gasteiger partial charge in [-0.2, -0.15) is 0 Å². The fraction of sp³-hybridized carbons (Fsp3) is 0.591. The van der Waals surface area contributed by atoms with Crippen LogP contribution in [0.5, 0.6) is 0 Å². The number of rotatable bonds is 6. The third-order valence-electron chi connectivity index (χ3n) is 6.49. The molecule has 1 saturated heterocycles. The topological polar surface area (TPSA) is 36.4 Å². The molecule has 0 saturated carbocycles. The summed E-state index contributed by atoms with van der Waals surface area (Å²) < 4.78 is 0. The van der Waals surface area contributed by atoms with Gasteiger partial charge in [-0.05, 0) is 83.5 Å². The van der Waals surface area contributed by atoms with E-state index < -0.39 is 5.60 Å². The lowest BCUT2D eigenvalue weighted by atomic mass is 9.69. The molecule has 0 radical (unpaired) electrons. The molecule has 0 amide bonds. The van der Waals surface area contributed by atoms with E-state index in [4.69, 9.17) is 0 Å². The average Bonchev–Trinajstić information content (AvgIpc) is 3.23. The van der Waals surface area contributed by atoms with Crippen LogP contribution in [0, 0.1) is 12.3 Å². The molecule has 0 bridgehead atoms. The molecule has 3 nitrogen and oxygen atoms in total. The van der Waals surface area contributed by atoms with Gasteiger partial charge in [-0.1, -0.05) is 12.1 Å². The van der Waals surface area contributed by atoms with Gasteiger partial charge in [0.25, 0.3) is 0 Å². The second-order valence-corrected chi connectivity index (χ2v) is 9.87. The van der Waals surface area contributed by atoms with Crippen LogP contribution in [0.15, 0.2) is 35.8 Å². The average molecular weight is 373 g/mol.